The minimum Gasteiger partial charge on any atom is -0.414 e. The van der Waals surface area contributed by atoms with E-state index in [2.05, 4.69) is 93.7 Å². The molecule has 4 aromatic carbocycles. The monoisotopic (exact) mass is 924 g/mol. The maximum absolute atomic E-state index is 11.5. The molecule has 0 bridgehead atoms. The summed E-state index contributed by atoms with van der Waals surface area (Å²) in [5, 5.41) is 28.1. The van der Waals surface area contributed by atoms with Crippen LogP contribution in [0.15, 0.2) is 104 Å². The first-order valence-corrected chi connectivity index (χ1v) is 28.0. The van der Waals surface area contributed by atoms with E-state index in [1.165, 1.54) is 0 Å². The van der Waals surface area contributed by atoms with Gasteiger partial charge in [-0.15, -0.1) is 0 Å². The third-order valence-electron chi connectivity index (χ3n) is 10.7. The van der Waals surface area contributed by atoms with E-state index >= 15 is 0 Å². The van der Waals surface area contributed by atoms with Gasteiger partial charge in [-0.1, -0.05) is 151 Å². The molecule has 0 saturated heterocycles. The molecule has 0 aliphatic heterocycles. The largest absolute Gasteiger partial charge is 0.414 e. The third kappa shape index (κ3) is 20.1. The second-order valence-electron chi connectivity index (χ2n) is 17.7. The van der Waals surface area contributed by atoms with Crippen molar-refractivity contribution in [3.05, 3.63) is 172 Å². The molecule has 64 heavy (non-hydrogen) atoms. The van der Waals surface area contributed by atoms with Gasteiger partial charge in [-0.2, -0.15) is 8.42 Å². The van der Waals surface area contributed by atoms with E-state index in [0.29, 0.717) is 40.5 Å². The van der Waals surface area contributed by atoms with Crippen molar-refractivity contribution in [1.82, 2.24) is 0 Å². The average molecular weight is 925 g/mol. The zero-order chi connectivity index (χ0) is 48.9. The fourth-order valence-corrected chi connectivity index (χ4v) is 7.18. The van der Waals surface area contributed by atoms with Gasteiger partial charge in [0, 0.05) is 0 Å². The van der Waals surface area contributed by atoms with E-state index in [0.717, 1.165) is 17.4 Å². The maximum atomic E-state index is 11.5. The van der Waals surface area contributed by atoms with Gasteiger partial charge >= 0.3 is 0 Å². The number of nitrogens with zero attached hydrogens (tertiary/aromatic N) is 4. The molecule has 15 heteroatoms. The van der Waals surface area contributed by atoms with Crippen LogP contribution in [-0.4, -0.2) is 66.4 Å². The lowest BCUT2D eigenvalue weighted by Gasteiger charge is -2.37. The Labute approximate surface area is 384 Å². The molecule has 0 radical (unpaired) electrons. The summed E-state index contributed by atoms with van der Waals surface area (Å²) in [6.07, 6.45) is 0.603. The lowest BCUT2D eigenvalue weighted by atomic mass is 10.1. The van der Waals surface area contributed by atoms with Crippen LogP contribution in [0.3, 0.4) is 0 Å². The fourth-order valence-electron chi connectivity index (χ4n) is 4.59. The van der Waals surface area contributed by atoms with Crippen molar-refractivity contribution < 1.29 is 36.8 Å². The molecule has 0 aliphatic carbocycles. The molecule has 0 saturated carbocycles. The first-order valence-electron chi connectivity index (χ1n) is 20.3. The highest BCUT2D eigenvalue weighted by atomic mass is 32.2. The Morgan fingerprint density at radius 3 is 1.20 bits per heavy atom. The van der Waals surface area contributed by atoms with Gasteiger partial charge in [0.25, 0.3) is 10.1 Å². The van der Waals surface area contributed by atoms with Crippen LogP contribution in [0.4, 0.5) is 22.7 Å². The highest BCUT2D eigenvalue weighted by Gasteiger charge is 2.39. The minimum atomic E-state index is -3.62. The number of benzene rings is 4. The Bertz CT molecular complexity index is 2330. The quantitative estimate of drug-likeness (QED) is 0.0684. The number of aliphatic hydroxyl groups is 3. The SMILES string of the molecule is [C-]#[N+]c1ccc(C=C)cc1.[C-]#[N+]c1ccc([C@@H](CO[Si](C)(C)C(C)(C)C)OS(C)(=O)=O)cc1.[C-]#[N+]c1ccc([C@H](O)CO)cc1.[C-]#[N+]c1ccc([C@H](O)CO[Si](C)(C)C(C)(C)C)cc1. The molecular formula is C49H64N4O8SSi2. The predicted octanol–water partition coefficient (Wildman–Crippen LogP) is 12.7. The van der Waals surface area contributed by atoms with Crippen molar-refractivity contribution in [2.24, 2.45) is 0 Å². The van der Waals surface area contributed by atoms with Gasteiger partial charge in [0.2, 0.25) is 0 Å². The lowest BCUT2D eigenvalue weighted by molar-refractivity contribution is 0.0956. The molecule has 3 N–H and O–H groups in total. The molecule has 0 amide bonds. The Morgan fingerprint density at radius 2 is 0.906 bits per heavy atom. The smallest absolute Gasteiger partial charge is 0.265 e. The molecule has 0 aliphatic rings. The van der Waals surface area contributed by atoms with Crippen molar-refractivity contribution in [2.45, 2.75) is 96.1 Å². The Hall–Kier alpha value is -5.28. The standard InChI is InChI=1S/C16H25NO4SSi.C15H23NO2Si.C9H9NO2.C9H7N/c1-16(2,3)23(6,7)20-12-15(21-22(5,18)19)13-8-10-14(17-4)11-9-13;1-15(2,3)19(5,6)18-11-14(17)12-7-9-13(16-4)10-8-12;1-10-8-4-2-7(3-5-8)9(12)6-11;1-3-8-4-6-9(10-2)7-5-8/h8-11,15H,12H2,1-3,5-7H3;7-10,14,17H,11H2,1-3,5-6H3;2-5,9,11-12H,6H2;3-7H,1H2/t15-;14-;9-;/m111./s1. The summed E-state index contributed by atoms with van der Waals surface area (Å²) in [6, 6.07) is 27.5. The molecule has 0 fully saturated rings. The van der Waals surface area contributed by atoms with Gasteiger partial charge in [-0.3, -0.25) is 4.18 Å². The van der Waals surface area contributed by atoms with Gasteiger partial charge in [-0.05, 0) is 58.5 Å². The molecule has 3 atom stereocenters. The van der Waals surface area contributed by atoms with Crippen LogP contribution < -0.4 is 0 Å². The minimum absolute atomic E-state index is 0.0244. The zero-order valence-electron chi connectivity index (χ0n) is 39.0. The summed E-state index contributed by atoms with van der Waals surface area (Å²) in [4.78, 5) is 13.1. The van der Waals surface area contributed by atoms with Gasteiger partial charge in [0.15, 0.2) is 39.4 Å². The van der Waals surface area contributed by atoms with E-state index in [4.69, 9.17) is 49.5 Å². The van der Waals surface area contributed by atoms with Crippen LogP contribution >= 0.6 is 0 Å². The molecule has 0 heterocycles. The third-order valence-corrected chi connectivity index (χ3v) is 20.3. The molecule has 4 rings (SSSR count). The van der Waals surface area contributed by atoms with Gasteiger partial charge in [0.05, 0.1) is 52.4 Å². The molecule has 0 spiro atoms. The molecule has 342 valence electrons. The highest BCUT2D eigenvalue weighted by molar-refractivity contribution is 7.86. The topological polar surface area (TPSA) is 140 Å². The van der Waals surface area contributed by atoms with E-state index in [1.54, 1.807) is 91.0 Å². The fraction of sp³-hybridized carbons (Fsp3) is 0.388. The summed E-state index contributed by atoms with van der Waals surface area (Å²) in [5.74, 6) is 0. The zero-order valence-corrected chi connectivity index (χ0v) is 41.8. The van der Waals surface area contributed by atoms with Crippen LogP contribution in [0.25, 0.3) is 25.5 Å². The normalized spacial score (nSPS) is 12.8. The van der Waals surface area contributed by atoms with Crippen LogP contribution in [-0.2, 0) is 23.2 Å². The van der Waals surface area contributed by atoms with Crippen LogP contribution in [0.1, 0.15) is 82.1 Å². The van der Waals surface area contributed by atoms with Crippen molar-refractivity contribution in [1.29, 1.82) is 0 Å². The van der Waals surface area contributed by atoms with E-state index in [1.807, 2.05) is 12.1 Å². The van der Waals surface area contributed by atoms with E-state index in [9.17, 15) is 13.5 Å². The molecule has 4 aromatic rings. The summed E-state index contributed by atoms with van der Waals surface area (Å²) >= 11 is 0. The number of hydrogen-bond donors (Lipinski definition) is 3. The van der Waals surface area contributed by atoms with Crippen molar-refractivity contribution in [3.63, 3.8) is 0 Å². The number of aliphatic hydroxyl groups excluding tert-OH is 3. The maximum Gasteiger partial charge on any atom is 0.265 e. The Balaban J connectivity index is 0.000000448. The van der Waals surface area contributed by atoms with Crippen LogP contribution in [0.2, 0.25) is 36.3 Å². The van der Waals surface area contributed by atoms with Gasteiger partial charge in [0.1, 0.15) is 18.3 Å². The van der Waals surface area contributed by atoms with E-state index < -0.39 is 45.1 Å². The first-order chi connectivity index (χ1) is 29.7. The molecule has 0 unspecified atom stereocenters. The van der Waals surface area contributed by atoms with Gasteiger partial charge in [-0.25, -0.2) is 19.4 Å². The predicted molar refractivity (Wildman–Crippen MR) is 263 cm³/mol. The highest BCUT2D eigenvalue weighted by Crippen LogP contribution is 2.38. The summed E-state index contributed by atoms with van der Waals surface area (Å²) in [6.45, 7) is 52.5. The summed E-state index contributed by atoms with van der Waals surface area (Å²) in [7, 11) is -7.46. The van der Waals surface area contributed by atoms with Crippen LogP contribution in [0.5, 0.6) is 0 Å². The van der Waals surface area contributed by atoms with Crippen LogP contribution in [0, 0.1) is 26.3 Å². The van der Waals surface area contributed by atoms with Gasteiger partial charge < -0.3 is 24.2 Å². The van der Waals surface area contributed by atoms with Crippen molar-refractivity contribution >= 4 is 55.6 Å². The second kappa shape index (κ2) is 25.9. The first kappa shape index (κ1) is 56.7. The summed E-state index contributed by atoms with van der Waals surface area (Å²) in [5.41, 5.74) is 5.44. The lowest BCUT2D eigenvalue weighted by Crippen LogP contribution is -2.42. The Morgan fingerprint density at radius 1 is 0.594 bits per heavy atom. The average Bonchev–Trinajstić information content (AvgIpc) is 3.26. The van der Waals surface area contributed by atoms with Crippen molar-refractivity contribution in [3.8, 4) is 0 Å². The molecule has 12 nitrogen and oxygen atoms in total. The number of rotatable bonds is 13. The van der Waals surface area contributed by atoms with E-state index in [-0.39, 0.29) is 23.3 Å². The summed E-state index contributed by atoms with van der Waals surface area (Å²) < 4.78 is 40.4. The number of hydrogen-bond acceptors (Lipinski definition) is 8. The second-order valence-corrected chi connectivity index (χ2v) is 28.9. The molecular weight excluding hydrogens is 861 g/mol. The van der Waals surface area contributed by atoms with Crippen molar-refractivity contribution in [2.75, 3.05) is 26.1 Å². The Kier molecular flexibility index (Phi) is 22.9. The molecule has 0 aromatic heterocycles.